The molecule has 0 bridgehead atoms. The molecule has 0 saturated carbocycles. The average Bonchev–Trinajstić information content (AvgIpc) is 3.01. The van der Waals surface area contributed by atoms with Crippen LogP contribution >= 0.6 is 22.9 Å². The molecule has 0 aliphatic heterocycles. The number of esters is 1. The molecule has 0 atom stereocenters. The fourth-order valence-electron chi connectivity index (χ4n) is 2.00. The lowest BCUT2D eigenvalue weighted by molar-refractivity contribution is -0.136. The van der Waals surface area contributed by atoms with Crippen LogP contribution in [0.5, 0.6) is 0 Å². The standard InChI is InChI=1S/C18H12ClNO3S/c19-13-7-5-12(6-8-13)15(21)11-23-18(22)10-9-17-20-14-3-1-2-4-16(14)24-17/h1-10H,11H2/b10-9+. The maximum atomic E-state index is 11.9. The van der Waals surface area contributed by atoms with Crippen LogP contribution in [0.15, 0.2) is 54.6 Å². The summed E-state index contributed by atoms with van der Waals surface area (Å²) in [7, 11) is 0. The second kappa shape index (κ2) is 7.38. The van der Waals surface area contributed by atoms with Crippen molar-refractivity contribution in [3.8, 4) is 0 Å². The molecule has 0 aliphatic rings. The SMILES string of the molecule is O=C(/C=C/c1nc2ccccc2s1)OCC(=O)c1ccc(Cl)cc1. The van der Waals surface area contributed by atoms with Crippen LogP contribution in [-0.4, -0.2) is 23.3 Å². The van der Waals surface area contributed by atoms with Crippen LogP contribution in [0.2, 0.25) is 5.02 Å². The number of rotatable bonds is 5. The van der Waals surface area contributed by atoms with E-state index in [0.717, 1.165) is 10.2 Å². The van der Waals surface area contributed by atoms with Crippen molar-refractivity contribution >= 4 is 51.0 Å². The number of carbonyl (C=O) groups excluding carboxylic acids is 2. The van der Waals surface area contributed by atoms with Gasteiger partial charge in [0.15, 0.2) is 12.4 Å². The lowest BCUT2D eigenvalue weighted by Gasteiger charge is -2.01. The molecule has 6 heteroatoms. The van der Waals surface area contributed by atoms with E-state index in [-0.39, 0.29) is 12.4 Å². The topological polar surface area (TPSA) is 56.3 Å². The first kappa shape index (κ1) is 16.4. The molecule has 2 aromatic carbocycles. The number of ether oxygens (including phenoxy) is 1. The molecule has 0 saturated heterocycles. The van der Waals surface area contributed by atoms with E-state index in [9.17, 15) is 9.59 Å². The van der Waals surface area contributed by atoms with E-state index in [4.69, 9.17) is 16.3 Å². The van der Waals surface area contributed by atoms with Crippen molar-refractivity contribution < 1.29 is 14.3 Å². The Balaban J connectivity index is 1.57. The normalized spacial score (nSPS) is 11.0. The predicted molar refractivity (Wildman–Crippen MR) is 95.4 cm³/mol. The highest BCUT2D eigenvalue weighted by molar-refractivity contribution is 7.19. The van der Waals surface area contributed by atoms with Crippen molar-refractivity contribution in [3.05, 3.63) is 70.2 Å². The number of hydrogen-bond donors (Lipinski definition) is 0. The minimum absolute atomic E-state index is 0.284. The molecule has 1 heterocycles. The Morgan fingerprint density at radius 3 is 2.62 bits per heavy atom. The summed E-state index contributed by atoms with van der Waals surface area (Å²) < 4.78 is 6.00. The predicted octanol–water partition coefficient (Wildman–Crippen LogP) is 4.39. The number of Topliss-reactive ketones (excluding diaryl/α,β-unsaturated/α-hetero) is 1. The zero-order valence-electron chi connectivity index (χ0n) is 12.4. The molecular formula is C18H12ClNO3S. The van der Waals surface area contributed by atoms with Crippen LogP contribution in [0.25, 0.3) is 16.3 Å². The van der Waals surface area contributed by atoms with E-state index in [1.165, 1.54) is 17.4 Å². The number of benzene rings is 2. The third kappa shape index (κ3) is 4.07. The van der Waals surface area contributed by atoms with Gasteiger partial charge in [0.2, 0.25) is 0 Å². The van der Waals surface area contributed by atoms with Gasteiger partial charge in [0.05, 0.1) is 10.2 Å². The minimum Gasteiger partial charge on any atom is -0.454 e. The van der Waals surface area contributed by atoms with Gasteiger partial charge in [-0.25, -0.2) is 9.78 Å². The molecule has 0 unspecified atom stereocenters. The second-order valence-electron chi connectivity index (χ2n) is 4.89. The minimum atomic E-state index is -0.587. The third-order valence-corrected chi connectivity index (χ3v) is 4.44. The molecule has 3 aromatic rings. The molecule has 0 fully saturated rings. The summed E-state index contributed by atoms with van der Waals surface area (Å²) in [5, 5.41) is 1.25. The molecule has 0 N–H and O–H groups in total. The molecule has 0 amide bonds. The summed E-state index contributed by atoms with van der Waals surface area (Å²) in [4.78, 5) is 28.0. The Morgan fingerprint density at radius 2 is 1.88 bits per heavy atom. The Bertz CT molecular complexity index is 882. The van der Waals surface area contributed by atoms with E-state index in [2.05, 4.69) is 4.98 Å². The van der Waals surface area contributed by atoms with Gasteiger partial charge in [0.1, 0.15) is 5.01 Å². The van der Waals surface area contributed by atoms with Gasteiger partial charge in [-0.05, 0) is 42.5 Å². The van der Waals surface area contributed by atoms with Crippen molar-refractivity contribution in [3.63, 3.8) is 0 Å². The zero-order chi connectivity index (χ0) is 16.9. The van der Waals surface area contributed by atoms with Gasteiger partial charge >= 0.3 is 5.97 Å². The number of ketones is 1. The first-order valence-corrected chi connectivity index (χ1v) is 8.30. The van der Waals surface area contributed by atoms with Crippen LogP contribution in [0.3, 0.4) is 0 Å². The molecule has 3 rings (SSSR count). The van der Waals surface area contributed by atoms with Gasteiger partial charge in [-0.3, -0.25) is 4.79 Å². The smallest absolute Gasteiger partial charge is 0.331 e. The van der Waals surface area contributed by atoms with Gasteiger partial charge in [-0.1, -0.05) is 23.7 Å². The summed E-state index contributed by atoms with van der Waals surface area (Å²) in [6.07, 6.45) is 2.85. The van der Waals surface area contributed by atoms with Gasteiger partial charge in [0.25, 0.3) is 0 Å². The molecular weight excluding hydrogens is 346 g/mol. The van der Waals surface area contributed by atoms with Crippen molar-refractivity contribution in [1.82, 2.24) is 4.98 Å². The Labute approximate surface area is 147 Å². The van der Waals surface area contributed by atoms with E-state index in [1.54, 1.807) is 30.3 Å². The van der Waals surface area contributed by atoms with Crippen LogP contribution < -0.4 is 0 Å². The number of halogens is 1. The van der Waals surface area contributed by atoms with Crippen molar-refractivity contribution in [2.45, 2.75) is 0 Å². The summed E-state index contributed by atoms with van der Waals surface area (Å²) in [5.41, 5.74) is 1.33. The summed E-state index contributed by atoms with van der Waals surface area (Å²) in [6, 6.07) is 14.1. The van der Waals surface area contributed by atoms with E-state index < -0.39 is 5.97 Å². The van der Waals surface area contributed by atoms with Gasteiger partial charge in [-0.2, -0.15) is 0 Å². The first-order valence-electron chi connectivity index (χ1n) is 7.11. The van der Waals surface area contributed by atoms with Crippen molar-refractivity contribution in [2.75, 3.05) is 6.61 Å². The third-order valence-electron chi connectivity index (χ3n) is 3.18. The van der Waals surface area contributed by atoms with Crippen LogP contribution in [-0.2, 0) is 9.53 Å². The fourth-order valence-corrected chi connectivity index (χ4v) is 3.00. The number of aromatic nitrogens is 1. The van der Waals surface area contributed by atoms with E-state index >= 15 is 0 Å². The highest BCUT2D eigenvalue weighted by Gasteiger charge is 2.08. The molecule has 120 valence electrons. The summed E-state index contributed by atoms with van der Waals surface area (Å²) in [6.45, 7) is -0.315. The average molecular weight is 358 g/mol. The number of nitrogens with zero attached hydrogens (tertiary/aromatic N) is 1. The van der Waals surface area contributed by atoms with Gasteiger partial charge in [0, 0.05) is 16.7 Å². The maximum Gasteiger partial charge on any atom is 0.331 e. The van der Waals surface area contributed by atoms with Crippen LogP contribution in [0.4, 0.5) is 0 Å². The first-order chi connectivity index (χ1) is 11.6. The zero-order valence-corrected chi connectivity index (χ0v) is 14.0. The highest BCUT2D eigenvalue weighted by atomic mass is 35.5. The maximum absolute atomic E-state index is 11.9. The lowest BCUT2D eigenvalue weighted by atomic mass is 10.1. The monoisotopic (exact) mass is 357 g/mol. The Hall–Kier alpha value is -2.50. The van der Waals surface area contributed by atoms with Crippen molar-refractivity contribution in [1.29, 1.82) is 0 Å². The quantitative estimate of drug-likeness (QED) is 0.386. The van der Waals surface area contributed by atoms with Gasteiger partial charge in [-0.15, -0.1) is 11.3 Å². The van der Waals surface area contributed by atoms with Crippen molar-refractivity contribution in [2.24, 2.45) is 0 Å². The van der Waals surface area contributed by atoms with E-state index in [0.29, 0.717) is 15.6 Å². The number of hydrogen-bond acceptors (Lipinski definition) is 5. The Morgan fingerprint density at radius 1 is 1.12 bits per heavy atom. The summed E-state index contributed by atoms with van der Waals surface area (Å²) >= 11 is 7.24. The Kier molecular flexibility index (Phi) is 5.03. The number of thiazole rings is 1. The molecule has 0 radical (unpaired) electrons. The highest BCUT2D eigenvalue weighted by Crippen LogP contribution is 2.22. The number of fused-ring (bicyclic) bond motifs is 1. The van der Waals surface area contributed by atoms with Crippen LogP contribution in [0, 0.1) is 0 Å². The van der Waals surface area contributed by atoms with Gasteiger partial charge < -0.3 is 4.74 Å². The molecule has 24 heavy (non-hydrogen) atoms. The summed E-state index contributed by atoms with van der Waals surface area (Å²) in [5.74, 6) is -0.870. The van der Waals surface area contributed by atoms with E-state index in [1.807, 2.05) is 24.3 Å². The number of carbonyl (C=O) groups is 2. The number of para-hydroxylation sites is 1. The second-order valence-corrected chi connectivity index (χ2v) is 6.39. The van der Waals surface area contributed by atoms with Crippen LogP contribution in [0.1, 0.15) is 15.4 Å². The molecule has 0 spiro atoms. The molecule has 4 nitrogen and oxygen atoms in total. The fraction of sp³-hybridized carbons (Fsp3) is 0.0556. The molecule has 1 aromatic heterocycles. The largest absolute Gasteiger partial charge is 0.454 e. The lowest BCUT2D eigenvalue weighted by Crippen LogP contribution is -2.12. The molecule has 0 aliphatic carbocycles.